The first kappa shape index (κ1) is 26.6. The van der Waals surface area contributed by atoms with Crippen molar-refractivity contribution in [1.29, 1.82) is 0 Å². The molecule has 1 aromatic heterocycles. The van der Waals surface area contributed by atoms with Gasteiger partial charge in [-0.15, -0.1) is 16.8 Å². The van der Waals surface area contributed by atoms with E-state index in [9.17, 15) is 22.8 Å². The molecule has 0 atom stereocenters. The van der Waals surface area contributed by atoms with Crippen LogP contribution < -0.4 is 10.6 Å². The van der Waals surface area contributed by atoms with E-state index in [0.29, 0.717) is 22.5 Å². The van der Waals surface area contributed by atoms with Gasteiger partial charge in [0, 0.05) is 17.3 Å². The molecular formula is C22H18Cl2F3N5O2S. The molecule has 0 saturated heterocycles. The third-order valence-electron chi connectivity index (χ3n) is 4.49. The molecule has 0 aliphatic heterocycles. The molecule has 0 saturated carbocycles. The lowest BCUT2D eigenvalue weighted by Gasteiger charge is -2.11. The number of nitrogens with one attached hydrogen (secondary N) is 2. The summed E-state index contributed by atoms with van der Waals surface area (Å²) in [4.78, 5) is 24.7. The van der Waals surface area contributed by atoms with Crippen molar-refractivity contribution in [2.24, 2.45) is 0 Å². The molecule has 0 radical (unpaired) electrons. The molecule has 0 unspecified atom stereocenters. The molecule has 1 heterocycles. The summed E-state index contributed by atoms with van der Waals surface area (Å²) in [7, 11) is 0. The maximum Gasteiger partial charge on any atom is 0.416 e. The number of nitrogens with zero attached hydrogens (tertiary/aromatic N) is 3. The van der Waals surface area contributed by atoms with Crippen molar-refractivity contribution in [3.63, 3.8) is 0 Å². The van der Waals surface area contributed by atoms with Crippen molar-refractivity contribution in [2.45, 2.75) is 24.4 Å². The monoisotopic (exact) mass is 543 g/mol. The van der Waals surface area contributed by atoms with Gasteiger partial charge in [0.1, 0.15) is 0 Å². The summed E-state index contributed by atoms with van der Waals surface area (Å²) in [5.41, 5.74) is -0.589. The van der Waals surface area contributed by atoms with Crippen LogP contribution in [0.25, 0.3) is 0 Å². The molecular weight excluding hydrogens is 526 g/mol. The van der Waals surface area contributed by atoms with E-state index in [2.05, 4.69) is 27.4 Å². The first-order valence-corrected chi connectivity index (χ1v) is 11.7. The predicted molar refractivity (Wildman–Crippen MR) is 129 cm³/mol. The second-order valence-corrected chi connectivity index (χ2v) is 8.81. The van der Waals surface area contributed by atoms with Gasteiger partial charge in [-0.05, 0) is 36.4 Å². The molecule has 3 rings (SSSR count). The first-order chi connectivity index (χ1) is 16.6. The third-order valence-corrected chi connectivity index (χ3v) is 6.01. The van der Waals surface area contributed by atoms with E-state index in [0.717, 1.165) is 23.9 Å². The summed E-state index contributed by atoms with van der Waals surface area (Å²) < 4.78 is 40.2. The zero-order chi connectivity index (χ0) is 25.6. The molecule has 184 valence electrons. The molecule has 35 heavy (non-hydrogen) atoms. The molecule has 2 N–H and O–H groups in total. The average molecular weight is 544 g/mol. The molecule has 0 bridgehead atoms. The van der Waals surface area contributed by atoms with Gasteiger partial charge in [0.2, 0.25) is 5.91 Å². The third kappa shape index (κ3) is 7.23. The molecule has 7 nitrogen and oxygen atoms in total. The molecule has 13 heteroatoms. The smallest absolute Gasteiger partial charge is 0.345 e. The number of alkyl halides is 3. The minimum absolute atomic E-state index is 0.0234. The van der Waals surface area contributed by atoms with Gasteiger partial charge in [-0.1, -0.05) is 47.1 Å². The molecule has 0 fully saturated rings. The quantitative estimate of drug-likeness (QED) is 0.276. The van der Waals surface area contributed by atoms with Crippen LogP contribution in [0.2, 0.25) is 10.0 Å². The Labute approximate surface area is 212 Å². The van der Waals surface area contributed by atoms with Gasteiger partial charge in [0.15, 0.2) is 11.0 Å². The summed E-state index contributed by atoms with van der Waals surface area (Å²) in [5.74, 6) is -0.675. The standard InChI is InChI=1S/C22H18Cl2F3N5O2S/c1-2-8-32-18(11-28-20(34)16-7-6-14(23)10-17(16)24)30-31-21(32)35-12-19(33)29-15-5-3-4-13(9-15)22(25,26)27/h2-7,9-10H,1,8,11-12H2,(H,28,34)(H,29,33). The summed E-state index contributed by atoms with van der Waals surface area (Å²) in [6.45, 7) is 4.01. The Kier molecular flexibility index (Phi) is 8.82. The molecule has 2 aromatic carbocycles. The molecule has 0 aliphatic carbocycles. The highest BCUT2D eigenvalue weighted by atomic mass is 35.5. The number of anilines is 1. The van der Waals surface area contributed by atoms with Crippen molar-refractivity contribution in [3.05, 3.63) is 82.1 Å². The molecule has 2 amide bonds. The fraction of sp³-hybridized carbons (Fsp3) is 0.182. The maximum absolute atomic E-state index is 12.9. The molecule has 0 aliphatic rings. The predicted octanol–water partition coefficient (Wildman–Crippen LogP) is 5.45. The van der Waals surface area contributed by atoms with Crippen molar-refractivity contribution >= 4 is 52.5 Å². The van der Waals surface area contributed by atoms with Gasteiger partial charge < -0.3 is 15.2 Å². The number of rotatable bonds is 9. The molecule has 3 aromatic rings. The van der Waals surface area contributed by atoms with Gasteiger partial charge in [0.05, 0.1) is 28.4 Å². The van der Waals surface area contributed by atoms with Crippen LogP contribution in [0.5, 0.6) is 0 Å². The summed E-state index contributed by atoms with van der Waals surface area (Å²) in [6.07, 6.45) is -2.92. The number of halogens is 5. The summed E-state index contributed by atoms with van der Waals surface area (Å²) in [6, 6.07) is 8.85. The summed E-state index contributed by atoms with van der Waals surface area (Å²) in [5, 5.41) is 14.2. The van der Waals surface area contributed by atoms with Gasteiger partial charge in [-0.2, -0.15) is 13.2 Å². The number of thioether (sulfide) groups is 1. The molecule has 0 spiro atoms. The van der Waals surface area contributed by atoms with Crippen LogP contribution in [-0.2, 0) is 24.1 Å². The van der Waals surface area contributed by atoms with E-state index in [1.165, 1.54) is 24.3 Å². The van der Waals surface area contributed by atoms with E-state index in [1.54, 1.807) is 16.7 Å². The number of aromatic nitrogens is 3. The number of carbonyl (C=O) groups is 2. The van der Waals surface area contributed by atoms with Gasteiger partial charge >= 0.3 is 6.18 Å². The number of hydrogen-bond donors (Lipinski definition) is 2. The van der Waals surface area contributed by atoms with Crippen LogP contribution in [0.15, 0.2) is 60.3 Å². The van der Waals surface area contributed by atoms with Crippen molar-refractivity contribution in [1.82, 2.24) is 20.1 Å². The second-order valence-electron chi connectivity index (χ2n) is 7.02. The van der Waals surface area contributed by atoms with E-state index < -0.39 is 23.6 Å². The Morgan fingerprint density at radius 3 is 2.60 bits per heavy atom. The number of benzene rings is 2. The Morgan fingerprint density at radius 2 is 1.91 bits per heavy atom. The van der Waals surface area contributed by atoms with Gasteiger partial charge in [-0.25, -0.2) is 0 Å². The lowest BCUT2D eigenvalue weighted by molar-refractivity contribution is -0.137. The SMILES string of the molecule is C=CCn1c(CNC(=O)c2ccc(Cl)cc2Cl)nnc1SCC(=O)Nc1cccc(C(F)(F)F)c1. The fourth-order valence-corrected chi connectivity index (χ4v) is 4.16. The van der Waals surface area contributed by atoms with E-state index >= 15 is 0 Å². The zero-order valence-electron chi connectivity index (χ0n) is 17.9. The van der Waals surface area contributed by atoms with Gasteiger partial charge in [0.25, 0.3) is 5.91 Å². The highest BCUT2D eigenvalue weighted by Gasteiger charge is 2.30. The Morgan fingerprint density at radius 1 is 1.14 bits per heavy atom. The lowest BCUT2D eigenvalue weighted by atomic mass is 10.2. The minimum atomic E-state index is -4.51. The van der Waals surface area contributed by atoms with Crippen LogP contribution >= 0.6 is 35.0 Å². The Bertz CT molecular complexity index is 1250. The largest absolute Gasteiger partial charge is 0.416 e. The van der Waals surface area contributed by atoms with Crippen LogP contribution in [0.4, 0.5) is 18.9 Å². The topological polar surface area (TPSA) is 88.9 Å². The number of allylic oxidation sites excluding steroid dienone is 1. The normalized spacial score (nSPS) is 11.2. The Hall–Kier alpha value is -3.02. The van der Waals surface area contributed by atoms with Crippen molar-refractivity contribution < 1.29 is 22.8 Å². The average Bonchev–Trinajstić information content (AvgIpc) is 3.17. The highest BCUT2D eigenvalue weighted by molar-refractivity contribution is 7.99. The fourth-order valence-electron chi connectivity index (χ4n) is 2.90. The van der Waals surface area contributed by atoms with Crippen molar-refractivity contribution in [3.8, 4) is 0 Å². The first-order valence-electron chi connectivity index (χ1n) is 9.94. The second kappa shape index (κ2) is 11.6. The lowest BCUT2D eigenvalue weighted by Crippen LogP contribution is -2.25. The van der Waals surface area contributed by atoms with Crippen LogP contribution in [0.1, 0.15) is 21.7 Å². The summed E-state index contributed by atoms with van der Waals surface area (Å²) >= 11 is 13.0. The maximum atomic E-state index is 12.9. The van der Waals surface area contributed by atoms with E-state index in [4.69, 9.17) is 23.2 Å². The number of amides is 2. The van der Waals surface area contributed by atoms with E-state index in [1.807, 2.05) is 0 Å². The minimum Gasteiger partial charge on any atom is -0.345 e. The van der Waals surface area contributed by atoms with Crippen LogP contribution in [0.3, 0.4) is 0 Å². The van der Waals surface area contributed by atoms with Gasteiger partial charge in [-0.3, -0.25) is 9.59 Å². The number of carbonyl (C=O) groups excluding carboxylic acids is 2. The zero-order valence-corrected chi connectivity index (χ0v) is 20.2. The van der Waals surface area contributed by atoms with Crippen LogP contribution in [-0.4, -0.2) is 32.3 Å². The van der Waals surface area contributed by atoms with Crippen molar-refractivity contribution in [2.75, 3.05) is 11.1 Å². The number of hydrogen-bond acceptors (Lipinski definition) is 5. The Balaban J connectivity index is 1.62. The van der Waals surface area contributed by atoms with E-state index in [-0.39, 0.29) is 28.6 Å². The highest BCUT2D eigenvalue weighted by Crippen LogP contribution is 2.30. The van der Waals surface area contributed by atoms with Crippen LogP contribution in [0, 0.1) is 0 Å².